The monoisotopic (exact) mass is 557 g/mol. The first-order valence-electron chi connectivity index (χ1n) is 11.6. The molecule has 1 atom stereocenters. The summed E-state index contributed by atoms with van der Waals surface area (Å²) in [5.41, 5.74) is 0.935. The molecule has 0 aliphatic carbocycles. The Morgan fingerprint density at radius 2 is 1.81 bits per heavy atom. The highest BCUT2D eigenvalue weighted by Crippen LogP contribution is 2.29. The van der Waals surface area contributed by atoms with Gasteiger partial charge in [-0.25, -0.2) is 8.42 Å². The Morgan fingerprint density at radius 1 is 1.08 bits per heavy atom. The van der Waals surface area contributed by atoms with Crippen LogP contribution in [0.5, 0.6) is 5.75 Å². The highest BCUT2D eigenvalue weighted by molar-refractivity contribution is 7.92. The van der Waals surface area contributed by atoms with E-state index in [1.54, 1.807) is 25.3 Å². The number of ether oxygens (including phenoxy) is 1. The van der Waals surface area contributed by atoms with E-state index in [9.17, 15) is 18.0 Å². The van der Waals surface area contributed by atoms with E-state index in [1.165, 1.54) is 23.1 Å². The van der Waals surface area contributed by atoms with Crippen molar-refractivity contribution >= 4 is 50.7 Å². The number of methoxy groups -OCH3 is 1. The Hall–Kier alpha value is -2.49. The van der Waals surface area contributed by atoms with Crippen molar-refractivity contribution in [3.05, 3.63) is 58.1 Å². The molecule has 0 aromatic heterocycles. The summed E-state index contributed by atoms with van der Waals surface area (Å²) in [4.78, 5) is 28.1. The minimum Gasteiger partial charge on any atom is -0.497 e. The molecule has 0 unspecified atom stereocenters. The van der Waals surface area contributed by atoms with Crippen LogP contribution in [-0.4, -0.2) is 57.6 Å². The smallest absolute Gasteiger partial charge is 0.244 e. The van der Waals surface area contributed by atoms with Gasteiger partial charge in [-0.15, -0.1) is 0 Å². The Kier molecular flexibility index (Phi) is 11.3. The summed E-state index contributed by atoms with van der Waals surface area (Å²) in [6.07, 6.45) is 3.07. The lowest BCUT2D eigenvalue weighted by Crippen LogP contribution is -2.52. The molecule has 0 radical (unpaired) electrons. The number of carbonyl (C=O) groups excluding carboxylic acids is 2. The van der Waals surface area contributed by atoms with Crippen molar-refractivity contribution in [3.63, 3.8) is 0 Å². The molecule has 0 fully saturated rings. The van der Waals surface area contributed by atoms with Crippen LogP contribution >= 0.6 is 23.2 Å². The van der Waals surface area contributed by atoms with E-state index in [1.807, 2.05) is 19.9 Å². The topological polar surface area (TPSA) is 96.0 Å². The van der Waals surface area contributed by atoms with E-state index in [2.05, 4.69) is 5.32 Å². The fraction of sp³-hybridized carbons (Fsp3) is 0.440. The van der Waals surface area contributed by atoms with Gasteiger partial charge in [-0.05, 0) is 48.7 Å². The predicted octanol–water partition coefficient (Wildman–Crippen LogP) is 4.49. The molecule has 8 nitrogen and oxygen atoms in total. The van der Waals surface area contributed by atoms with E-state index in [0.717, 1.165) is 29.0 Å². The van der Waals surface area contributed by atoms with Crippen LogP contribution in [-0.2, 0) is 26.2 Å². The molecule has 36 heavy (non-hydrogen) atoms. The molecule has 2 aromatic rings. The zero-order chi connectivity index (χ0) is 26.9. The van der Waals surface area contributed by atoms with Crippen molar-refractivity contribution in [3.8, 4) is 5.75 Å². The Balaban J connectivity index is 2.44. The number of halogens is 2. The average molecular weight is 559 g/mol. The van der Waals surface area contributed by atoms with Crippen LogP contribution in [0.2, 0.25) is 10.0 Å². The van der Waals surface area contributed by atoms with Gasteiger partial charge in [-0.2, -0.15) is 0 Å². The Bertz CT molecular complexity index is 1160. The van der Waals surface area contributed by atoms with Gasteiger partial charge >= 0.3 is 0 Å². The summed E-state index contributed by atoms with van der Waals surface area (Å²) in [5, 5.41) is 3.30. The first-order chi connectivity index (χ1) is 17.0. The van der Waals surface area contributed by atoms with E-state index >= 15 is 0 Å². The molecule has 2 amide bonds. The number of carbonyl (C=O) groups is 2. The second-order valence-corrected chi connectivity index (χ2v) is 11.0. The van der Waals surface area contributed by atoms with Gasteiger partial charge in [0.1, 0.15) is 18.3 Å². The van der Waals surface area contributed by atoms with Crippen LogP contribution in [0.3, 0.4) is 0 Å². The molecule has 198 valence electrons. The van der Waals surface area contributed by atoms with Crippen LogP contribution in [0.25, 0.3) is 0 Å². The number of sulfonamides is 1. The van der Waals surface area contributed by atoms with Gasteiger partial charge in [-0.1, -0.05) is 55.6 Å². The summed E-state index contributed by atoms with van der Waals surface area (Å²) in [7, 11) is -2.33. The normalized spacial score (nSPS) is 12.1. The third-order valence-electron chi connectivity index (χ3n) is 5.57. The van der Waals surface area contributed by atoms with Crippen molar-refractivity contribution in [2.45, 2.75) is 45.7 Å². The van der Waals surface area contributed by atoms with Crippen molar-refractivity contribution < 1.29 is 22.7 Å². The molecule has 0 aliphatic rings. The summed E-state index contributed by atoms with van der Waals surface area (Å²) >= 11 is 12.1. The number of benzene rings is 2. The van der Waals surface area contributed by atoms with Crippen LogP contribution in [0, 0.1) is 0 Å². The van der Waals surface area contributed by atoms with Gasteiger partial charge in [0.15, 0.2) is 0 Å². The first-order valence-corrected chi connectivity index (χ1v) is 14.2. The Labute approximate surface area is 223 Å². The third-order valence-corrected chi connectivity index (χ3v) is 7.45. The van der Waals surface area contributed by atoms with Crippen molar-refractivity contribution in [2.75, 3.05) is 30.8 Å². The molecular formula is C25H33Cl2N3O5S. The van der Waals surface area contributed by atoms with Gasteiger partial charge in [0.05, 0.1) is 29.1 Å². The Morgan fingerprint density at radius 3 is 2.39 bits per heavy atom. The third kappa shape index (κ3) is 8.28. The van der Waals surface area contributed by atoms with Crippen LogP contribution < -0.4 is 14.4 Å². The van der Waals surface area contributed by atoms with E-state index in [-0.39, 0.29) is 28.2 Å². The number of nitrogens with zero attached hydrogens (tertiary/aromatic N) is 2. The molecule has 0 saturated carbocycles. The largest absolute Gasteiger partial charge is 0.497 e. The second kappa shape index (κ2) is 13.7. The van der Waals surface area contributed by atoms with Gasteiger partial charge in [0.25, 0.3) is 0 Å². The molecule has 11 heteroatoms. The number of rotatable bonds is 13. The predicted molar refractivity (Wildman–Crippen MR) is 144 cm³/mol. The van der Waals surface area contributed by atoms with Crippen molar-refractivity contribution in [1.82, 2.24) is 10.2 Å². The van der Waals surface area contributed by atoms with Crippen LogP contribution in [0.1, 0.15) is 38.7 Å². The minimum atomic E-state index is -3.87. The van der Waals surface area contributed by atoms with Gasteiger partial charge in [0, 0.05) is 13.1 Å². The zero-order valence-corrected chi connectivity index (χ0v) is 23.3. The molecule has 0 heterocycles. The van der Waals surface area contributed by atoms with Gasteiger partial charge in [-0.3, -0.25) is 13.9 Å². The second-order valence-electron chi connectivity index (χ2n) is 8.31. The maximum Gasteiger partial charge on any atom is 0.244 e. The first kappa shape index (κ1) is 29.7. The maximum atomic E-state index is 13.7. The SMILES string of the molecule is CCCCNC(=O)[C@H](CC)N(Cc1cccc(OC)c1)C(=O)CN(c1ccc(Cl)c(Cl)c1)S(C)(=O)=O. The molecule has 1 N–H and O–H groups in total. The molecule has 2 aromatic carbocycles. The molecule has 0 saturated heterocycles. The molecule has 0 spiro atoms. The summed E-state index contributed by atoms with van der Waals surface area (Å²) in [6.45, 7) is 3.90. The number of nitrogens with one attached hydrogen (secondary N) is 1. The lowest BCUT2D eigenvalue weighted by atomic mass is 10.1. The van der Waals surface area contributed by atoms with E-state index in [0.29, 0.717) is 18.7 Å². The number of unbranched alkanes of at least 4 members (excludes halogenated alkanes) is 1. The standard InChI is InChI=1S/C25H33Cl2N3O5S/c1-5-7-13-28-25(32)23(6-2)29(16-18-9-8-10-20(14-18)35-3)24(31)17-30(36(4,33)34)19-11-12-21(26)22(27)15-19/h8-12,14-15,23H,5-7,13,16-17H2,1-4H3,(H,28,32)/t23-/m0/s1. The van der Waals surface area contributed by atoms with Crippen LogP contribution in [0.15, 0.2) is 42.5 Å². The lowest BCUT2D eigenvalue weighted by Gasteiger charge is -2.33. The quantitative estimate of drug-likeness (QED) is 0.366. The van der Waals surface area contributed by atoms with Crippen molar-refractivity contribution in [1.29, 1.82) is 0 Å². The summed E-state index contributed by atoms with van der Waals surface area (Å²) in [5.74, 6) is -0.219. The number of hydrogen-bond donors (Lipinski definition) is 1. The lowest BCUT2D eigenvalue weighted by molar-refractivity contribution is -0.140. The number of hydrogen-bond acceptors (Lipinski definition) is 5. The molecular weight excluding hydrogens is 525 g/mol. The highest BCUT2D eigenvalue weighted by atomic mass is 35.5. The average Bonchev–Trinajstić information content (AvgIpc) is 2.83. The summed E-state index contributed by atoms with van der Waals surface area (Å²) < 4.78 is 31.6. The summed E-state index contributed by atoms with van der Waals surface area (Å²) in [6, 6.07) is 10.7. The van der Waals surface area contributed by atoms with E-state index < -0.39 is 28.5 Å². The molecule has 0 aliphatic heterocycles. The van der Waals surface area contributed by atoms with E-state index in [4.69, 9.17) is 27.9 Å². The van der Waals surface area contributed by atoms with Crippen molar-refractivity contribution in [2.24, 2.45) is 0 Å². The highest BCUT2D eigenvalue weighted by Gasteiger charge is 2.31. The number of anilines is 1. The molecule has 0 bridgehead atoms. The molecule has 2 rings (SSSR count). The number of amides is 2. The fourth-order valence-corrected chi connectivity index (χ4v) is 4.78. The minimum absolute atomic E-state index is 0.0920. The zero-order valence-electron chi connectivity index (χ0n) is 21.0. The van der Waals surface area contributed by atoms with Crippen LogP contribution in [0.4, 0.5) is 5.69 Å². The van der Waals surface area contributed by atoms with Gasteiger partial charge in [0.2, 0.25) is 21.8 Å². The fourth-order valence-electron chi connectivity index (χ4n) is 3.65. The maximum absolute atomic E-state index is 13.7. The van der Waals surface area contributed by atoms with Gasteiger partial charge < -0.3 is 15.0 Å².